The van der Waals surface area contributed by atoms with Crippen molar-refractivity contribution in [1.29, 1.82) is 0 Å². The number of hydrogen-bond acceptors (Lipinski definition) is 3. The zero-order chi connectivity index (χ0) is 12.5. The van der Waals surface area contributed by atoms with Crippen LogP contribution in [0.5, 0.6) is 0 Å². The van der Waals surface area contributed by atoms with E-state index in [1.807, 2.05) is 24.4 Å². The first-order chi connectivity index (χ1) is 8.77. The molecule has 2 aromatic heterocycles. The smallest absolute Gasteiger partial charge is 0.336 e. The molecule has 0 spiro atoms. The first-order valence-electron chi connectivity index (χ1n) is 5.40. The number of aromatic carboxylic acids is 1. The molecule has 0 amide bonds. The fourth-order valence-corrected chi connectivity index (χ4v) is 1.89. The summed E-state index contributed by atoms with van der Waals surface area (Å²) in [7, 11) is 0. The van der Waals surface area contributed by atoms with Crippen molar-refractivity contribution in [3.8, 4) is 11.4 Å². The van der Waals surface area contributed by atoms with Gasteiger partial charge in [-0.3, -0.25) is 4.40 Å². The summed E-state index contributed by atoms with van der Waals surface area (Å²) >= 11 is 0. The molecule has 88 valence electrons. The Kier molecular flexibility index (Phi) is 2.30. The standard InChI is InChI=1S/C13H9N3O2/c17-13(18)10-6-2-1-5-9(10)12-15-14-11-7-3-4-8-16(11)12/h1-8H,(H,17,18). The van der Waals surface area contributed by atoms with Crippen LogP contribution in [0.3, 0.4) is 0 Å². The topological polar surface area (TPSA) is 67.5 Å². The van der Waals surface area contributed by atoms with Gasteiger partial charge < -0.3 is 5.11 Å². The van der Waals surface area contributed by atoms with E-state index in [0.29, 0.717) is 17.0 Å². The highest BCUT2D eigenvalue weighted by atomic mass is 16.4. The summed E-state index contributed by atoms with van der Waals surface area (Å²) in [6, 6.07) is 12.3. The minimum Gasteiger partial charge on any atom is -0.478 e. The number of fused-ring (bicyclic) bond motifs is 1. The number of rotatable bonds is 2. The van der Waals surface area contributed by atoms with Crippen LogP contribution in [0, 0.1) is 0 Å². The lowest BCUT2D eigenvalue weighted by Gasteiger charge is -2.03. The first kappa shape index (κ1) is 10.5. The summed E-state index contributed by atoms with van der Waals surface area (Å²) < 4.78 is 1.77. The Bertz CT molecular complexity index is 734. The van der Waals surface area contributed by atoms with E-state index in [4.69, 9.17) is 0 Å². The van der Waals surface area contributed by atoms with Gasteiger partial charge in [0.1, 0.15) is 0 Å². The van der Waals surface area contributed by atoms with E-state index >= 15 is 0 Å². The van der Waals surface area contributed by atoms with Crippen molar-refractivity contribution in [1.82, 2.24) is 14.6 Å². The van der Waals surface area contributed by atoms with Crippen LogP contribution in [0.25, 0.3) is 17.0 Å². The zero-order valence-corrected chi connectivity index (χ0v) is 9.32. The van der Waals surface area contributed by atoms with Crippen molar-refractivity contribution in [2.75, 3.05) is 0 Å². The van der Waals surface area contributed by atoms with E-state index in [9.17, 15) is 9.90 Å². The Morgan fingerprint density at radius 1 is 1.06 bits per heavy atom. The van der Waals surface area contributed by atoms with Crippen LogP contribution >= 0.6 is 0 Å². The fraction of sp³-hybridized carbons (Fsp3) is 0. The van der Waals surface area contributed by atoms with Gasteiger partial charge in [-0.15, -0.1) is 10.2 Å². The monoisotopic (exact) mass is 239 g/mol. The molecule has 5 nitrogen and oxygen atoms in total. The molecule has 0 aliphatic heterocycles. The Morgan fingerprint density at radius 2 is 1.83 bits per heavy atom. The minimum absolute atomic E-state index is 0.218. The minimum atomic E-state index is -0.974. The maximum Gasteiger partial charge on any atom is 0.336 e. The van der Waals surface area contributed by atoms with E-state index in [-0.39, 0.29) is 5.56 Å². The van der Waals surface area contributed by atoms with Crippen LogP contribution in [0.15, 0.2) is 48.7 Å². The number of pyridine rings is 1. The van der Waals surface area contributed by atoms with Gasteiger partial charge in [-0.2, -0.15) is 0 Å². The Hall–Kier alpha value is -2.69. The molecule has 0 saturated carbocycles. The number of carboxylic acid groups (broad SMARTS) is 1. The van der Waals surface area contributed by atoms with Gasteiger partial charge in [0, 0.05) is 11.8 Å². The second-order valence-corrected chi connectivity index (χ2v) is 3.80. The second-order valence-electron chi connectivity index (χ2n) is 3.80. The molecule has 3 aromatic rings. The molecule has 5 heteroatoms. The van der Waals surface area contributed by atoms with Crippen molar-refractivity contribution in [2.24, 2.45) is 0 Å². The van der Waals surface area contributed by atoms with Crippen molar-refractivity contribution in [3.63, 3.8) is 0 Å². The molecule has 0 atom stereocenters. The largest absolute Gasteiger partial charge is 0.478 e. The Morgan fingerprint density at radius 3 is 2.67 bits per heavy atom. The van der Waals surface area contributed by atoms with Crippen LogP contribution in [-0.2, 0) is 0 Å². The van der Waals surface area contributed by atoms with Gasteiger partial charge in [0.15, 0.2) is 11.5 Å². The number of carboxylic acids is 1. The molecule has 1 N–H and O–H groups in total. The van der Waals surface area contributed by atoms with Crippen LogP contribution in [0.1, 0.15) is 10.4 Å². The molecule has 3 rings (SSSR count). The SMILES string of the molecule is O=C(O)c1ccccc1-c1nnc2ccccn12. The van der Waals surface area contributed by atoms with Gasteiger partial charge >= 0.3 is 5.97 Å². The molecular weight excluding hydrogens is 230 g/mol. The van der Waals surface area contributed by atoms with Gasteiger partial charge in [-0.05, 0) is 18.2 Å². The average Bonchev–Trinajstić information content (AvgIpc) is 2.82. The predicted molar refractivity (Wildman–Crippen MR) is 65.4 cm³/mol. The maximum absolute atomic E-state index is 11.2. The molecular formula is C13H9N3O2. The summed E-state index contributed by atoms with van der Waals surface area (Å²) in [6.45, 7) is 0. The lowest BCUT2D eigenvalue weighted by atomic mass is 10.1. The van der Waals surface area contributed by atoms with Gasteiger partial charge in [-0.25, -0.2) is 4.79 Å². The molecule has 0 aliphatic carbocycles. The molecule has 0 unspecified atom stereocenters. The van der Waals surface area contributed by atoms with E-state index in [1.54, 1.807) is 28.7 Å². The van der Waals surface area contributed by atoms with Crippen molar-refractivity contribution in [3.05, 3.63) is 54.2 Å². The second kappa shape index (κ2) is 3.96. The van der Waals surface area contributed by atoms with Crippen LogP contribution in [0.4, 0.5) is 0 Å². The van der Waals surface area contributed by atoms with Crippen molar-refractivity contribution >= 4 is 11.6 Å². The van der Waals surface area contributed by atoms with Crippen molar-refractivity contribution < 1.29 is 9.90 Å². The highest BCUT2D eigenvalue weighted by molar-refractivity contribution is 5.95. The molecule has 0 fully saturated rings. The molecule has 0 bridgehead atoms. The number of benzene rings is 1. The summed E-state index contributed by atoms with van der Waals surface area (Å²) in [4.78, 5) is 11.2. The van der Waals surface area contributed by atoms with Gasteiger partial charge in [0.2, 0.25) is 0 Å². The Balaban J connectivity index is 2.30. The zero-order valence-electron chi connectivity index (χ0n) is 9.32. The number of aromatic nitrogens is 3. The first-order valence-corrected chi connectivity index (χ1v) is 5.40. The van der Waals surface area contributed by atoms with Crippen LogP contribution in [-0.4, -0.2) is 25.7 Å². The predicted octanol–water partition coefficient (Wildman–Crippen LogP) is 2.09. The van der Waals surface area contributed by atoms with E-state index in [1.165, 1.54) is 0 Å². The molecule has 1 aromatic carbocycles. The summed E-state index contributed by atoms with van der Waals surface area (Å²) in [5.74, 6) is -0.443. The Labute approximate surface area is 102 Å². The van der Waals surface area contributed by atoms with E-state index in [0.717, 1.165) is 0 Å². The van der Waals surface area contributed by atoms with Crippen LogP contribution in [0.2, 0.25) is 0 Å². The quantitative estimate of drug-likeness (QED) is 0.743. The molecule has 0 saturated heterocycles. The van der Waals surface area contributed by atoms with Gasteiger partial charge in [-0.1, -0.05) is 24.3 Å². The van der Waals surface area contributed by atoms with E-state index in [2.05, 4.69) is 10.2 Å². The average molecular weight is 239 g/mol. The third-order valence-electron chi connectivity index (χ3n) is 2.71. The molecule has 18 heavy (non-hydrogen) atoms. The number of nitrogens with zero attached hydrogens (tertiary/aromatic N) is 3. The highest BCUT2D eigenvalue weighted by Gasteiger charge is 2.15. The van der Waals surface area contributed by atoms with Crippen LogP contribution < -0.4 is 0 Å². The van der Waals surface area contributed by atoms with Gasteiger partial charge in [0.25, 0.3) is 0 Å². The normalized spacial score (nSPS) is 10.7. The third kappa shape index (κ3) is 1.53. The number of hydrogen-bond donors (Lipinski definition) is 1. The summed E-state index contributed by atoms with van der Waals surface area (Å²) in [5, 5.41) is 17.3. The third-order valence-corrected chi connectivity index (χ3v) is 2.71. The summed E-state index contributed by atoms with van der Waals surface area (Å²) in [5.41, 5.74) is 1.46. The molecule has 2 heterocycles. The van der Waals surface area contributed by atoms with Gasteiger partial charge in [0.05, 0.1) is 5.56 Å². The fourth-order valence-electron chi connectivity index (χ4n) is 1.89. The van der Waals surface area contributed by atoms with E-state index < -0.39 is 5.97 Å². The summed E-state index contributed by atoms with van der Waals surface area (Å²) in [6.07, 6.45) is 1.81. The van der Waals surface area contributed by atoms with Crippen molar-refractivity contribution in [2.45, 2.75) is 0 Å². The maximum atomic E-state index is 11.2. The number of carbonyl (C=O) groups is 1. The molecule has 0 radical (unpaired) electrons. The molecule has 0 aliphatic rings. The lowest BCUT2D eigenvalue weighted by molar-refractivity contribution is 0.0697. The highest BCUT2D eigenvalue weighted by Crippen LogP contribution is 2.22. The lowest BCUT2D eigenvalue weighted by Crippen LogP contribution is -2.01.